The molecule has 1 aliphatic rings. The first-order chi connectivity index (χ1) is 15.7. The molecular weight excluding hydrogens is 425 g/mol. The van der Waals surface area contributed by atoms with Crippen molar-refractivity contribution in [3.63, 3.8) is 0 Å². The maximum atomic E-state index is 14.0. The number of hydrogen-bond acceptors (Lipinski definition) is 5. The second-order valence-corrected chi connectivity index (χ2v) is 8.68. The zero-order valence-corrected chi connectivity index (χ0v) is 19.8. The summed E-state index contributed by atoms with van der Waals surface area (Å²) >= 11 is 0. The Kier molecular flexibility index (Phi) is 8.05. The first-order valence-electron chi connectivity index (χ1n) is 11.0. The summed E-state index contributed by atoms with van der Waals surface area (Å²) in [6.45, 7) is 5.78. The van der Waals surface area contributed by atoms with E-state index in [9.17, 15) is 14.0 Å². The molecule has 7 nitrogen and oxygen atoms in total. The fourth-order valence-corrected chi connectivity index (χ4v) is 3.88. The highest BCUT2D eigenvalue weighted by Gasteiger charge is 2.27. The number of rotatable bonds is 3. The van der Waals surface area contributed by atoms with Crippen LogP contribution in [0.15, 0.2) is 42.5 Å². The zero-order chi connectivity index (χ0) is 24.1. The van der Waals surface area contributed by atoms with Crippen LogP contribution in [0, 0.1) is 11.7 Å². The third-order valence-electron chi connectivity index (χ3n) is 6.13. The SMILES string of the molecule is CO[C@@H]1CN(C)C(=O)c2cc(NC(=O)c3ccccc3F)ccc2OC[C@H](C)N(C)C[C@H]1C. The number of fused-ring (bicyclic) bond motifs is 1. The minimum atomic E-state index is -0.613. The fraction of sp³-hybridized carbons (Fsp3) is 0.440. The van der Waals surface area contributed by atoms with Gasteiger partial charge >= 0.3 is 0 Å². The number of carbonyl (C=O) groups is 2. The van der Waals surface area contributed by atoms with Crippen molar-refractivity contribution in [3.8, 4) is 5.75 Å². The Bertz CT molecular complexity index is 999. The Morgan fingerprint density at radius 2 is 1.88 bits per heavy atom. The van der Waals surface area contributed by atoms with Crippen molar-refractivity contribution < 1.29 is 23.5 Å². The molecule has 178 valence electrons. The van der Waals surface area contributed by atoms with Crippen molar-refractivity contribution in [1.82, 2.24) is 9.80 Å². The van der Waals surface area contributed by atoms with Crippen LogP contribution in [0.25, 0.3) is 0 Å². The highest BCUT2D eigenvalue weighted by Crippen LogP contribution is 2.26. The van der Waals surface area contributed by atoms with Crippen LogP contribution in [-0.2, 0) is 4.74 Å². The summed E-state index contributed by atoms with van der Waals surface area (Å²) in [4.78, 5) is 29.7. The topological polar surface area (TPSA) is 71.1 Å². The number of ether oxygens (including phenoxy) is 2. The van der Waals surface area contributed by atoms with Gasteiger partial charge < -0.3 is 19.7 Å². The Morgan fingerprint density at radius 1 is 1.15 bits per heavy atom. The summed E-state index contributed by atoms with van der Waals surface area (Å²) in [5.41, 5.74) is 0.627. The third kappa shape index (κ3) is 5.89. The molecule has 0 spiro atoms. The van der Waals surface area contributed by atoms with Crippen LogP contribution >= 0.6 is 0 Å². The number of hydrogen-bond donors (Lipinski definition) is 1. The van der Waals surface area contributed by atoms with E-state index in [1.807, 2.05) is 7.05 Å². The van der Waals surface area contributed by atoms with Crippen molar-refractivity contribution in [2.75, 3.05) is 46.2 Å². The molecule has 8 heteroatoms. The average Bonchev–Trinajstić information content (AvgIpc) is 2.80. The quantitative estimate of drug-likeness (QED) is 0.764. The van der Waals surface area contributed by atoms with E-state index in [0.29, 0.717) is 30.2 Å². The number of anilines is 1. The lowest BCUT2D eigenvalue weighted by Crippen LogP contribution is -2.45. The Labute approximate surface area is 194 Å². The Morgan fingerprint density at radius 3 is 2.58 bits per heavy atom. The molecule has 2 aromatic rings. The molecule has 1 aliphatic heterocycles. The Hall–Kier alpha value is -2.97. The molecule has 0 aromatic heterocycles. The summed E-state index contributed by atoms with van der Waals surface area (Å²) in [5.74, 6) is -0.825. The standard InChI is InChI=1S/C25H32FN3O4/c1-16-13-28(3)17(2)15-33-22-11-10-18(27-24(30)19-8-6-7-9-21(19)26)12-20(22)25(31)29(4)14-23(16)32-5/h6-12,16-17,23H,13-15H2,1-5H3,(H,27,30)/t16-,17+,23-/m1/s1. The number of carbonyl (C=O) groups excluding carboxylic acids is 2. The minimum Gasteiger partial charge on any atom is -0.491 e. The summed E-state index contributed by atoms with van der Waals surface area (Å²) in [6.07, 6.45) is -0.138. The zero-order valence-electron chi connectivity index (χ0n) is 19.8. The van der Waals surface area contributed by atoms with Crippen LogP contribution in [-0.4, -0.2) is 74.7 Å². The number of halogens is 1. The molecule has 3 atom stereocenters. The molecule has 0 saturated heterocycles. The smallest absolute Gasteiger partial charge is 0.258 e. The number of methoxy groups -OCH3 is 1. The normalized spacial score (nSPS) is 22.5. The van der Waals surface area contributed by atoms with Gasteiger partial charge in [-0.25, -0.2) is 4.39 Å². The van der Waals surface area contributed by atoms with Gasteiger partial charge in [-0.2, -0.15) is 0 Å². The molecule has 1 heterocycles. The van der Waals surface area contributed by atoms with E-state index in [1.165, 1.54) is 18.2 Å². The predicted molar refractivity (Wildman–Crippen MR) is 125 cm³/mol. The highest BCUT2D eigenvalue weighted by molar-refractivity contribution is 6.05. The predicted octanol–water partition coefficient (Wildman–Crippen LogP) is 3.51. The lowest BCUT2D eigenvalue weighted by atomic mass is 10.0. The molecule has 33 heavy (non-hydrogen) atoms. The number of likely N-dealkylation sites (N-methyl/N-ethyl adjacent to an activating group) is 2. The molecular formula is C25H32FN3O4. The van der Waals surface area contributed by atoms with Crippen LogP contribution in [0.5, 0.6) is 5.75 Å². The van der Waals surface area contributed by atoms with Crippen LogP contribution in [0.3, 0.4) is 0 Å². The van der Waals surface area contributed by atoms with Gasteiger partial charge in [-0.05, 0) is 50.2 Å². The number of nitrogens with zero attached hydrogens (tertiary/aromatic N) is 2. The lowest BCUT2D eigenvalue weighted by Gasteiger charge is -2.34. The van der Waals surface area contributed by atoms with Crippen LogP contribution < -0.4 is 10.1 Å². The van der Waals surface area contributed by atoms with Gasteiger partial charge in [0.05, 0.1) is 17.2 Å². The van der Waals surface area contributed by atoms with Gasteiger partial charge in [0.1, 0.15) is 18.2 Å². The minimum absolute atomic E-state index is 0.0706. The van der Waals surface area contributed by atoms with Crippen LogP contribution in [0.2, 0.25) is 0 Å². The lowest BCUT2D eigenvalue weighted by molar-refractivity contribution is 0.0150. The molecule has 0 saturated carbocycles. The Balaban J connectivity index is 1.92. The van der Waals surface area contributed by atoms with E-state index in [2.05, 4.69) is 24.1 Å². The van der Waals surface area contributed by atoms with Gasteiger partial charge in [-0.15, -0.1) is 0 Å². The fourth-order valence-electron chi connectivity index (χ4n) is 3.88. The first kappa shape index (κ1) is 24.7. The second-order valence-electron chi connectivity index (χ2n) is 8.68. The highest BCUT2D eigenvalue weighted by atomic mass is 19.1. The maximum absolute atomic E-state index is 14.0. The van der Waals surface area contributed by atoms with Gasteiger partial charge in [0.25, 0.3) is 11.8 Å². The van der Waals surface area contributed by atoms with Crippen molar-refractivity contribution in [3.05, 3.63) is 59.4 Å². The van der Waals surface area contributed by atoms with Crippen molar-refractivity contribution >= 4 is 17.5 Å². The molecule has 2 amide bonds. The second kappa shape index (κ2) is 10.8. The monoisotopic (exact) mass is 457 g/mol. The third-order valence-corrected chi connectivity index (χ3v) is 6.13. The van der Waals surface area contributed by atoms with Crippen LogP contribution in [0.1, 0.15) is 34.6 Å². The largest absolute Gasteiger partial charge is 0.491 e. The van der Waals surface area contributed by atoms with E-state index in [-0.39, 0.29) is 29.5 Å². The van der Waals surface area contributed by atoms with Gasteiger partial charge in [-0.3, -0.25) is 14.5 Å². The van der Waals surface area contributed by atoms with Crippen molar-refractivity contribution in [2.45, 2.75) is 26.0 Å². The number of nitrogens with one attached hydrogen (secondary N) is 1. The van der Waals surface area contributed by atoms with E-state index in [4.69, 9.17) is 9.47 Å². The van der Waals surface area contributed by atoms with Gasteiger partial charge in [0, 0.05) is 39.0 Å². The van der Waals surface area contributed by atoms with E-state index in [1.54, 1.807) is 43.3 Å². The average molecular weight is 458 g/mol. The molecule has 0 bridgehead atoms. The molecule has 3 rings (SSSR count). The molecule has 0 radical (unpaired) electrons. The molecule has 0 fully saturated rings. The summed E-state index contributed by atoms with van der Waals surface area (Å²) in [5, 5.41) is 2.68. The van der Waals surface area contributed by atoms with E-state index < -0.39 is 11.7 Å². The van der Waals surface area contributed by atoms with Crippen molar-refractivity contribution in [1.29, 1.82) is 0 Å². The maximum Gasteiger partial charge on any atom is 0.258 e. The molecule has 0 unspecified atom stereocenters. The van der Waals surface area contributed by atoms with E-state index in [0.717, 1.165) is 6.54 Å². The van der Waals surface area contributed by atoms with Crippen molar-refractivity contribution in [2.24, 2.45) is 5.92 Å². The van der Waals surface area contributed by atoms with Gasteiger partial charge in [0.2, 0.25) is 0 Å². The molecule has 0 aliphatic carbocycles. The van der Waals surface area contributed by atoms with Gasteiger partial charge in [0.15, 0.2) is 0 Å². The molecule has 1 N–H and O–H groups in total. The number of benzene rings is 2. The summed E-state index contributed by atoms with van der Waals surface area (Å²) in [6, 6.07) is 10.7. The van der Waals surface area contributed by atoms with Gasteiger partial charge in [-0.1, -0.05) is 19.1 Å². The summed E-state index contributed by atoms with van der Waals surface area (Å²) < 4.78 is 25.7. The van der Waals surface area contributed by atoms with E-state index >= 15 is 0 Å². The number of amides is 2. The first-order valence-corrected chi connectivity index (χ1v) is 11.0. The molecule has 2 aromatic carbocycles. The van der Waals surface area contributed by atoms with Crippen LogP contribution in [0.4, 0.5) is 10.1 Å². The summed E-state index contributed by atoms with van der Waals surface area (Å²) in [7, 11) is 5.41.